The molecule has 1 heterocycles. The molecule has 1 N–H and O–H groups in total. The lowest BCUT2D eigenvalue weighted by Gasteiger charge is -2.17. The van der Waals surface area contributed by atoms with E-state index in [2.05, 4.69) is 5.32 Å². The Labute approximate surface area is 110 Å². The van der Waals surface area contributed by atoms with Crippen molar-refractivity contribution < 1.29 is 13.5 Å². The van der Waals surface area contributed by atoms with E-state index in [4.69, 9.17) is 4.74 Å². The molecule has 1 atom stereocenters. The van der Waals surface area contributed by atoms with Crippen LogP contribution in [0.2, 0.25) is 0 Å². The summed E-state index contributed by atoms with van der Waals surface area (Å²) in [5.74, 6) is -2.36. The highest BCUT2D eigenvalue weighted by Crippen LogP contribution is 2.26. The highest BCUT2D eigenvalue weighted by molar-refractivity contribution is 7.99. The second kappa shape index (κ2) is 6.95. The van der Waals surface area contributed by atoms with E-state index in [0.717, 1.165) is 38.2 Å². The average Bonchev–Trinajstić information content (AvgIpc) is 2.60. The van der Waals surface area contributed by atoms with Crippen LogP contribution in [0, 0.1) is 0 Å². The molecule has 5 heteroatoms. The zero-order valence-corrected chi connectivity index (χ0v) is 10.9. The number of alkyl halides is 2. The van der Waals surface area contributed by atoms with Gasteiger partial charge in [-0.05, 0) is 43.5 Å². The zero-order chi connectivity index (χ0) is 12.8. The van der Waals surface area contributed by atoms with Crippen molar-refractivity contribution in [2.24, 2.45) is 0 Å². The van der Waals surface area contributed by atoms with E-state index in [0.29, 0.717) is 22.7 Å². The standard InChI is InChI=1S/C13H17F2NOS/c14-13(15)18-12-5-3-11(4-6-12)16-10-2-1-8-17-9-7-10/h3-6,10,13,16H,1-2,7-9H2. The second-order valence-electron chi connectivity index (χ2n) is 4.29. The zero-order valence-electron chi connectivity index (χ0n) is 10.1. The molecule has 0 saturated carbocycles. The van der Waals surface area contributed by atoms with Gasteiger partial charge in [-0.25, -0.2) is 0 Å². The van der Waals surface area contributed by atoms with Gasteiger partial charge in [0.25, 0.3) is 5.76 Å². The fraction of sp³-hybridized carbons (Fsp3) is 0.538. The monoisotopic (exact) mass is 273 g/mol. The lowest BCUT2D eigenvalue weighted by Crippen LogP contribution is -2.19. The molecule has 1 unspecified atom stereocenters. The van der Waals surface area contributed by atoms with Gasteiger partial charge >= 0.3 is 0 Å². The second-order valence-corrected chi connectivity index (χ2v) is 5.35. The molecule has 1 saturated heterocycles. The van der Waals surface area contributed by atoms with E-state index >= 15 is 0 Å². The third kappa shape index (κ3) is 4.46. The smallest absolute Gasteiger partial charge is 0.288 e. The van der Waals surface area contributed by atoms with E-state index in [1.54, 1.807) is 12.1 Å². The van der Waals surface area contributed by atoms with Gasteiger partial charge in [-0.15, -0.1) is 0 Å². The summed E-state index contributed by atoms with van der Waals surface area (Å²) in [6, 6.07) is 7.59. The predicted octanol–water partition coefficient (Wildman–Crippen LogP) is 3.98. The Hall–Kier alpha value is -0.810. The van der Waals surface area contributed by atoms with Crippen molar-refractivity contribution in [2.45, 2.75) is 36.0 Å². The van der Waals surface area contributed by atoms with E-state index in [1.807, 2.05) is 12.1 Å². The summed E-state index contributed by atoms with van der Waals surface area (Å²) >= 11 is 0.575. The minimum absolute atomic E-state index is 0.418. The normalized spacial score (nSPS) is 20.7. The molecular formula is C13H17F2NOS. The topological polar surface area (TPSA) is 21.3 Å². The maximum atomic E-state index is 12.2. The third-order valence-corrected chi connectivity index (χ3v) is 3.62. The van der Waals surface area contributed by atoms with Gasteiger partial charge in [0, 0.05) is 29.8 Å². The molecule has 100 valence electrons. The van der Waals surface area contributed by atoms with Crippen molar-refractivity contribution in [3.63, 3.8) is 0 Å². The molecule has 0 spiro atoms. The van der Waals surface area contributed by atoms with Crippen LogP contribution in [0.5, 0.6) is 0 Å². The molecule has 1 aromatic rings. The first-order chi connectivity index (χ1) is 8.74. The number of nitrogens with one attached hydrogen (secondary N) is 1. The first-order valence-corrected chi connectivity index (χ1v) is 7.01. The Kier molecular flexibility index (Phi) is 5.26. The van der Waals surface area contributed by atoms with Gasteiger partial charge in [0.1, 0.15) is 0 Å². The molecule has 1 aromatic carbocycles. The first-order valence-electron chi connectivity index (χ1n) is 6.13. The fourth-order valence-electron chi connectivity index (χ4n) is 2.02. The molecule has 0 aliphatic carbocycles. The molecule has 0 radical (unpaired) electrons. The van der Waals surface area contributed by atoms with Gasteiger partial charge in [0.05, 0.1) is 0 Å². The summed E-state index contributed by atoms with van der Waals surface area (Å²) in [7, 11) is 0. The van der Waals surface area contributed by atoms with Crippen molar-refractivity contribution in [3.8, 4) is 0 Å². The SMILES string of the molecule is FC(F)Sc1ccc(NC2CCCOCC2)cc1. The van der Waals surface area contributed by atoms with Crippen LogP contribution in [0.1, 0.15) is 19.3 Å². The van der Waals surface area contributed by atoms with E-state index in [1.165, 1.54) is 0 Å². The van der Waals surface area contributed by atoms with Crippen molar-refractivity contribution >= 4 is 17.4 Å². The van der Waals surface area contributed by atoms with Gasteiger partial charge < -0.3 is 10.1 Å². The van der Waals surface area contributed by atoms with Crippen molar-refractivity contribution in [3.05, 3.63) is 24.3 Å². The molecule has 1 aliphatic rings. The number of benzene rings is 1. The average molecular weight is 273 g/mol. The van der Waals surface area contributed by atoms with Crippen LogP contribution in [-0.4, -0.2) is 25.0 Å². The maximum absolute atomic E-state index is 12.2. The fourth-order valence-corrected chi connectivity index (χ4v) is 2.52. The lowest BCUT2D eigenvalue weighted by atomic mass is 10.1. The number of rotatable bonds is 4. The number of thioether (sulfide) groups is 1. The van der Waals surface area contributed by atoms with Crippen LogP contribution in [0.15, 0.2) is 29.2 Å². The van der Waals surface area contributed by atoms with Crippen LogP contribution in [0.4, 0.5) is 14.5 Å². The molecule has 1 fully saturated rings. The molecule has 2 rings (SSSR count). The summed E-state index contributed by atoms with van der Waals surface area (Å²) < 4.78 is 29.7. The quantitative estimate of drug-likeness (QED) is 0.838. The van der Waals surface area contributed by atoms with Crippen LogP contribution >= 0.6 is 11.8 Å². The number of hydrogen-bond donors (Lipinski definition) is 1. The van der Waals surface area contributed by atoms with Crippen LogP contribution < -0.4 is 5.32 Å². The Morgan fingerprint density at radius 1 is 1.17 bits per heavy atom. The van der Waals surface area contributed by atoms with Crippen LogP contribution in [0.3, 0.4) is 0 Å². The lowest BCUT2D eigenvalue weighted by molar-refractivity contribution is 0.144. The largest absolute Gasteiger partial charge is 0.382 e. The molecule has 18 heavy (non-hydrogen) atoms. The minimum atomic E-state index is -2.36. The molecular weight excluding hydrogens is 256 g/mol. The van der Waals surface area contributed by atoms with Gasteiger partial charge in [-0.1, -0.05) is 11.8 Å². The summed E-state index contributed by atoms with van der Waals surface area (Å²) in [4.78, 5) is 0.597. The number of anilines is 1. The van der Waals surface area contributed by atoms with Crippen molar-refractivity contribution in [2.75, 3.05) is 18.5 Å². The number of halogens is 2. The van der Waals surface area contributed by atoms with Gasteiger partial charge in [-0.2, -0.15) is 8.78 Å². The number of ether oxygens (including phenoxy) is 1. The highest BCUT2D eigenvalue weighted by atomic mass is 32.2. The number of hydrogen-bond acceptors (Lipinski definition) is 3. The summed E-state index contributed by atoms with van der Waals surface area (Å²) in [5.41, 5.74) is 0.987. The first kappa shape index (κ1) is 13.6. The Morgan fingerprint density at radius 2 is 1.94 bits per heavy atom. The predicted molar refractivity (Wildman–Crippen MR) is 70.4 cm³/mol. The maximum Gasteiger partial charge on any atom is 0.288 e. The van der Waals surface area contributed by atoms with Gasteiger partial charge in [-0.3, -0.25) is 0 Å². The minimum Gasteiger partial charge on any atom is -0.382 e. The molecule has 1 aliphatic heterocycles. The van der Waals surface area contributed by atoms with Crippen LogP contribution in [0.25, 0.3) is 0 Å². The van der Waals surface area contributed by atoms with E-state index < -0.39 is 5.76 Å². The van der Waals surface area contributed by atoms with Crippen LogP contribution in [-0.2, 0) is 4.74 Å². The molecule has 0 bridgehead atoms. The van der Waals surface area contributed by atoms with E-state index in [-0.39, 0.29) is 0 Å². The van der Waals surface area contributed by atoms with Gasteiger partial charge in [0.15, 0.2) is 0 Å². The molecule has 0 aromatic heterocycles. The molecule has 2 nitrogen and oxygen atoms in total. The highest BCUT2D eigenvalue weighted by Gasteiger charge is 2.12. The summed E-state index contributed by atoms with van der Waals surface area (Å²) in [6.45, 7) is 1.62. The summed E-state index contributed by atoms with van der Waals surface area (Å²) in [6.07, 6.45) is 3.15. The molecule has 0 amide bonds. The van der Waals surface area contributed by atoms with Crippen molar-refractivity contribution in [1.29, 1.82) is 0 Å². The Morgan fingerprint density at radius 3 is 2.67 bits per heavy atom. The van der Waals surface area contributed by atoms with Gasteiger partial charge in [0.2, 0.25) is 0 Å². The van der Waals surface area contributed by atoms with E-state index in [9.17, 15) is 8.78 Å². The Balaban J connectivity index is 1.88. The summed E-state index contributed by atoms with van der Waals surface area (Å²) in [5, 5.41) is 3.42. The van der Waals surface area contributed by atoms with Crippen molar-refractivity contribution in [1.82, 2.24) is 0 Å². The Bertz CT molecular complexity index is 351. The third-order valence-electron chi connectivity index (χ3n) is 2.90.